The lowest BCUT2D eigenvalue weighted by atomic mass is 10.0. The third kappa shape index (κ3) is 4.18. The number of carbonyl (C=O) groups excluding carboxylic acids is 1. The first-order valence-corrected chi connectivity index (χ1v) is 5.56. The highest BCUT2D eigenvalue weighted by atomic mass is 79.9. The number of phenolic OH excluding ortho intramolecular Hbond substituents is 1. The molecular formula is C11H15BrClNO3. The summed E-state index contributed by atoms with van der Waals surface area (Å²) in [5, 5.41) is 9.83. The van der Waals surface area contributed by atoms with Crippen LogP contribution in [0.2, 0.25) is 0 Å². The fourth-order valence-electron chi connectivity index (χ4n) is 1.42. The standard InChI is InChI=1S/C11H14BrNO3.ClH/c1-6-3-7(12)4-8(11(6)15)9(13)5-10(14)16-2;/h3-4,9,15H,5,13H2,1-2H3;1H/t9-;/m0./s1. The van der Waals surface area contributed by atoms with Crippen LogP contribution in [0.5, 0.6) is 5.75 Å². The summed E-state index contributed by atoms with van der Waals surface area (Å²) in [6.45, 7) is 1.77. The van der Waals surface area contributed by atoms with E-state index in [9.17, 15) is 9.90 Å². The summed E-state index contributed by atoms with van der Waals surface area (Å²) in [5.74, 6) is -0.274. The van der Waals surface area contributed by atoms with Gasteiger partial charge in [-0.05, 0) is 24.6 Å². The van der Waals surface area contributed by atoms with Crippen LogP contribution < -0.4 is 5.73 Å². The number of rotatable bonds is 3. The molecular weight excluding hydrogens is 309 g/mol. The number of methoxy groups -OCH3 is 1. The van der Waals surface area contributed by atoms with Crippen LogP contribution in [0.1, 0.15) is 23.6 Å². The van der Waals surface area contributed by atoms with Crippen LogP contribution in [0.4, 0.5) is 0 Å². The molecule has 0 radical (unpaired) electrons. The van der Waals surface area contributed by atoms with Crippen LogP contribution in [0, 0.1) is 6.92 Å². The average Bonchev–Trinajstić information content (AvgIpc) is 2.22. The number of nitrogens with two attached hydrogens (primary N) is 1. The van der Waals surface area contributed by atoms with Crippen LogP contribution in [-0.2, 0) is 9.53 Å². The molecule has 0 saturated heterocycles. The Balaban J connectivity index is 0.00000256. The third-order valence-corrected chi connectivity index (χ3v) is 2.77. The molecule has 4 nitrogen and oxygen atoms in total. The summed E-state index contributed by atoms with van der Waals surface area (Å²) in [6, 6.07) is 2.92. The van der Waals surface area contributed by atoms with Gasteiger partial charge in [0.15, 0.2) is 0 Å². The predicted octanol–water partition coefficient (Wildman–Crippen LogP) is 2.45. The Morgan fingerprint density at radius 2 is 2.18 bits per heavy atom. The van der Waals surface area contributed by atoms with Gasteiger partial charge in [0, 0.05) is 16.1 Å². The molecule has 6 heteroatoms. The number of carbonyl (C=O) groups is 1. The van der Waals surface area contributed by atoms with Gasteiger partial charge < -0.3 is 15.6 Å². The summed E-state index contributed by atoms with van der Waals surface area (Å²) in [5.41, 5.74) is 7.08. The fraction of sp³-hybridized carbons (Fsp3) is 0.364. The third-order valence-electron chi connectivity index (χ3n) is 2.31. The molecule has 0 spiro atoms. The second kappa shape index (κ2) is 6.83. The van der Waals surface area contributed by atoms with E-state index in [1.807, 2.05) is 0 Å². The van der Waals surface area contributed by atoms with Crippen LogP contribution in [-0.4, -0.2) is 18.2 Å². The summed E-state index contributed by atoms with van der Waals surface area (Å²) in [7, 11) is 1.31. The van der Waals surface area contributed by atoms with E-state index in [0.29, 0.717) is 11.1 Å². The van der Waals surface area contributed by atoms with Crippen molar-refractivity contribution < 1.29 is 14.6 Å². The Bertz CT molecular complexity index is 412. The van der Waals surface area contributed by atoms with Crippen molar-refractivity contribution in [1.82, 2.24) is 0 Å². The second-order valence-corrected chi connectivity index (χ2v) is 4.46. The number of esters is 1. The number of phenols is 1. The minimum Gasteiger partial charge on any atom is -0.507 e. The molecule has 1 atom stereocenters. The van der Waals surface area contributed by atoms with Crippen molar-refractivity contribution in [2.75, 3.05) is 7.11 Å². The molecule has 3 N–H and O–H groups in total. The summed E-state index contributed by atoms with van der Waals surface area (Å²) in [6.07, 6.45) is 0.0416. The maximum Gasteiger partial charge on any atom is 0.307 e. The van der Waals surface area contributed by atoms with Gasteiger partial charge in [0.2, 0.25) is 0 Å². The predicted molar refractivity (Wildman–Crippen MR) is 71.4 cm³/mol. The summed E-state index contributed by atoms with van der Waals surface area (Å²) in [4.78, 5) is 11.1. The number of benzene rings is 1. The average molecular weight is 325 g/mol. The van der Waals surface area contributed by atoms with Crippen LogP contribution in [0.15, 0.2) is 16.6 Å². The van der Waals surface area contributed by atoms with Crippen molar-refractivity contribution in [2.24, 2.45) is 5.73 Å². The van der Waals surface area contributed by atoms with E-state index in [1.165, 1.54) is 7.11 Å². The van der Waals surface area contributed by atoms with E-state index >= 15 is 0 Å². The van der Waals surface area contributed by atoms with Crippen LogP contribution >= 0.6 is 28.3 Å². The first kappa shape index (κ1) is 16.2. The van der Waals surface area contributed by atoms with Crippen molar-refractivity contribution in [3.8, 4) is 5.75 Å². The topological polar surface area (TPSA) is 72.5 Å². The number of aromatic hydroxyl groups is 1. The lowest BCUT2D eigenvalue weighted by molar-refractivity contribution is -0.141. The van der Waals surface area contributed by atoms with Gasteiger partial charge in [-0.15, -0.1) is 12.4 Å². The van der Waals surface area contributed by atoms with E-state index in [1.54, 1.807) is 19.1 Å². The van der Waals surface area contributed by atoms with Gasteiger partial charge in [-0.25, -0.2) is 0 Å². The number of ether oxygens (including phenoxy) is 1. The number of halogens is 2. The van der Waals surface area contributed by atoms with Crippen molar-refractivity contribution in [3.05, 3.63) is 27.7 Å². The Hall–Kier alpha value is -0.780. The second-order valence-electron chi connectivity index (χ2n) is 3.55. The van der Waals surface area contributed by atoms with Gasteiger partial charge >= 0.3 is 5.97 Å². The van der Waals surface area contributed by atoms with Gasteiger partial charge in [-0.2, -0.15) is 0 Å². The molecule has 0 aromatic heterocycles. The van der Waals surface area contributed by atoms with E-state index in [0.717, 1.165) is 4.47 Å². The smallest absolute Gasteiger partial charge is 0.307 e. The minimum atomic E-state index is -0.566. The molecule has 0 unspecified atom stereocenters. The van der Waals surface area contributed by atoms with E-state index < -0.39 is 12.0 Å². The van der Waals surface area contributed by atoms with Crippen molar-refractivity contribution in [3.63, 3.8) is 0 Å². The SMILES string of the molecule is COC(=O)C[C@H](N)c1cc(Br)cc(C)c1O.Cl. The Labute approximate surface area is 115 Å². The molecule has 0 saturated carbocycles. The molecule has 0 amide bonds. The Morgan fingerprint density at radius 1 is 1.59 bits per heavy atom. The van der Waals surface area contributed by atoms with E-state index in [-0.39, 0.29) is 24.6 Å². The number of hydrogen-bond donors (Lipinski definition) is 2. The van der Waals surface area contributed by atoms with Gasteiger partial charge in [0.1, 0.15) is 5.75 Å². The van der Waals surface area contributed by atoms with E-state index in [4.69, 9.17) is 5.73 Å². The van der Waals surface area contributed by atoms with Gasteiger partial charge in [-0.1, -0.05) is 15.9 Å². The molecule has 0 aliphatic rings. The molecule has 0 aliphatic heterocycles. The molecule has 1 aromatic carbocycles. The van der Waals surface area contributed by atoms with Gasteiger partial charge in [0.05, 0.1) is 13.5 Å². The number of hydrogen-bond acceptors (Lipinski definition) is 4. The lowest BCUT2D eigenvalue weighted by Gasteiger charge is -2.14. The zero-order valence-corrected chi connectivity index (χ0v) is 12.0. The molecule has 96 valence electrons. The zero-order chi connectivity index (χ0) is 12.3. The van der Waals surface area contributed by atoms with Crippen LogP contribution in [0.3, 0.4) is 0 Å². The molecule has 0 heterocycles. The largest absolute Gasteiger partial charge is 0.507 e. The zero-order valence-electron chi connectivity index (χ0n) is 9.57. The monoisotopic (exact) mass is 323 g/mol. The summed E-state index contributed by atoms with van der Waals surface area (Å²) < 4.78 is 5.35. The van der Waals surface area contributed by atoms with Crippen molar-refractivity contribution in [1.29, 1.82) is 0 Å². The maximum atomic E-state index is 11.1. The van der Waals surface area contributed by atoms with Crippen LogP contribution in [0.25, 0.3) is 0 Å². The summed E-state index contributed by atoms with van der Waals surface area (Å²) >= 11 is 3.32. The maximum absolute atomic E-state index is 11.1. The minimum absolute atomic E-state index is 0. The quantitative estimate of drug-likeness (QED) is 0.838. The molecule has 1 rings (SSSR count). The molecule has 1 aromatic rings. The Morgan fingerprint density at radius 3 is 2.71 bits per heavy atom. The first-order chi connectivity index (χ1) is 7.45. The highest BCUT2D eigenvalue weighted by Gasteiger charge is 2.17. The highest BCUT2D eigenvalue weighted by molar-refractivity contribution is 9.10. The van der Waals surface area contributed by atoms with E-state index in [2.05, 4.69) is 20.7 Å². The van der Waals surface area contributed by atoms with Gasteiger partial charge in [0.25, 0.3) is 0 Å². The molecule has 0 aliphatic carbocycles. The molecule has 17 heavy (non-hydrogen) atoms. The normalized spacial score (nSPS) is 11.5. The van der Waals surface area contributed by atoms with Crippen molar-refractivity contribution in [2.45, 2.75) is 19.4 Å². The highest BCUT2D eigenvalue weighted by Crippen LogP contribution is 2.31. The first-order valence-electron chi connectivity index (χ1n) is 4.77. The molecule has 0 bridgehead atoms. The number of aryl methyl sites for hydroxylation is 1. The fourth-order valence-corrected chi connectivity index (χ4v) is 2.01. The van der Waals surface area contributed by atoms with Crippen molar-refractivity contribution >= 4 is 34.3 Å². The Kier molecular flexibility index (Phi) is 6.52. The lowest BCUT2D eigenvalue weighted by Crippen LogP contribution is -2.16. The molecule has 0 fully saturated rings. The van der Waals surface area contributed by atoms with Gasteiger partial charge in [-0.3, -0.25) is 4.79 Å².